The fourth-order valence-electron chi connectivity index (χ4n) is 2.95. The Hall–Kier alpha value is -1.91. The zero-order valence-electron chi connectivity index (χ0n) is 15.6. The molecule has 148 valence electrons. The Bertz CT molecular complexity index is 753. The molecule has 0 aromatic carbocycles. The van der Waals surface area contributed by atoms with E-state index in [0.717, 1.165) is 43.3 Å². The summed E-state index contributed by atoms with van der Waals surface area (Å²) in [4.78, 5) is 10.7. The van der Waals surface area contributed by atoms with Crippen LogP contribution in [0.4, 0.5) is 10.2 Å². The van der Waals surface area contributed by atoms with Gasteiger partial charge in [0.15, 0.2) is 23.4 Å². The van der Waals surface area contributed by atoms with Crippen molar-refractivity contribution in [3.8, 4) is 0 Å². The van der Waals surface area contributed by atoms with E-state index in [-0.39, 0.29) is 35.8 Å². The Morgan fingerprint density at radius 3 is 3.00 bits per heavy atom. The molecule has 1 fully saturated rings. The molecule has 0 aliphatic carbocycles. The lowest BCUT2D eigenvalue weighted by molar-refractivity contribution is 0.379. The number of hydrogen-bond donors (Lipinski definition) is 2. The van der Waals surface area contributed by atoms with Crippen molar-refractivity contribution in [2.24, 2.45) is 4.99 Å². The number of aryl methyl sites for hydroxylation is 1. The summed E-state index contributed by atoms with van der Waals surface area (Å²) in [7, 11) is 0. The zero-order chi connectivity index (χ0) is 18.4. The third-order valence-electron chi connectivity index (χ3n) is 4.27. The molecule has 3 heterocycles. The van der Waals surface area contributed by atoms with Crippen molar-refractivity contribution in [2.75, 3.05) is 24.5 Å². The van der Waals surface area contributed by atoms with E-state index in [4.69, 9.17) is 4.52 Å². The van der Waals surface area contributed by atoms with Gasteiger partial charge in [-0.3, -0.25) is 0 Å². The van der Waals surface area contributed by atoms with Gasteiger partial charge in [-0.25, -0.2) is 14.4 Å². The number of guanidine groups is 1. The number of aromatic nitrogens is 2. The summed E-state index contributed by atoms with van der Waals surface area (Å²) in [5, 5.41) is 10.6. The fraction of sp³-hybridized carbons (Fsp3) is 0.500. The van der Waals surface area contributed by atoms with Crippen LogP contribution in [0, 0.1) is 5.82 Å². The molecule has 0 radical (unpaired) electrons. The van der Waals surface area contributed by atoms with Gasteiger partial charge in [0.25, 0.3) is 0 Å². The fourth-order valence-corrected chi connectivity index (χ4v) is 2.95. The van der Waals surface area contributed by atoms with Gasteiger partial charge in [-0.05, 0) is 31.9 Å². The number of rotatable bonds is 6. The molecule has 9 heteroatoms. The summed E-state index contributed by atoms with van der Waals surface area (Å²) < 4.78 is 19.2. The second-order valence-corrected chi connectivity index (χ2v) is 6.22. The van der Waals surface area contributed by atoms with Gasteiger partial charge in [0, 0.05) is 37.9 Å². The molecule has 1 unspecified atom stereocenters. The van der Waals surface area contributed by atoms with Gasteiger partial charge in [0.1, 0.15) is 6.54 Å². The van der Waals surface area contributed by atoms with Crippen LogP contribution in [0.25, 0.3) is 0 Å². The molecule has 0 saturated carbocycles. The molecule has 1 atom stereocenters. The normalized spacial score (nSPS) is 16.9. The minimum atomic E-state index is -0.286. The molecule has 7 nitrogen and oxygen atoms in total. The van der Waals surface area contributed by atoms with Crippen molar-refractivity contribution in [2.45, 2.75) is 39.3 Å². The zero-order valence-corrected chi connectivity index (χ0v) is 17.9. The standard InChI is InChI=1S/C18H25FN6O.HI/c1-3-13-10-15(26-24-13)11-22-18(20-4-2)23-14-7-9-25(12-14)17-16(19)6-5-8-21-17;/h5-6,8,10,14H,3-4,7,9,11-12H2,1-2H3,(H2,20,22,23);1H. The van der Waals surface area contributed by atoms with Crippen LogP contribution in [0.5, 0.6) is 0 Å². The molecular formula is C18H26FIN6O. The van der Waals surface area contributed by atoms with Crippen LogP contribution in [0.1, 0.15) is 31.7 Å². The second-order valence-electron chi connectivity index (χ2n) is 6.22. The molecule has 0 bridgehead atoms. The topological polar surface area (TPSA) is 78.6 Å². The molecule has 3 rings (SSSR count). The lowest BCUT2D eigenvalue weighted by atomic mass is 10.3. The molecule has 1 aliphatic rings. The van der Waals surface area contributed by atoms with E-state index in [1.165, 1.54) is 6.07 Å². The minimum absolute atomic E-state index is 0. The van der Waals surface area contributed by atoms with Crippen LogP contribution in [0.15, 0.2) is 33.9 Å². The number of pyridine rings is 1. The van der Waals surface area contributed by atoms with E-state index >= 15 is 0 Å². The third-order valence-corrected chi connectivity index (χ3v) is 4.27. The summed E-state index contributed by atoms with van der Waals surface area (Å²) in [5.41, 5.74) is 0.928. The summed E-state index contributed by atoms with van der Waals surface area (Å²) in [6.07, 6.45) is 3.35. The summed E-state index contributed by atoms with van der Waals surface area (Å²) in [6.45, 7) is 6.67. The molecular weight excluding hydrogens is 462 g/mol. The highest BCUT2D eigenvalue weighted by molar-refractivity contribution is 14.0. The average molecular weight is 488 g/mol. The van der Waals surface area contributed by atoms with Gasteiger partial charge in [-0.1, -0.05) is 12.1 Å². The maximum atomic E-state index is 13.9. The SMILES string of the molecule is CCNC(=NCc1cc(CC)no1)NC1CCN(c2ncccc2F)C1.I. The van der Waals surface area contributed by atoms with E-state index in [9.17, 15) is 4.39 Å². The van der Waals surface area contributed by atoms with Crippen molar-refractivity contribution >= 4 is 35.8 Å². The van der Waals surface area contributed by atoms with Gasteiger partial charge < -0.3 is 20.1 Å². The van der Waals surface area contributed by atoms with Crippen molar-refractivity contribution in [3.63, 3.8) is 0 Å². The third kappa shape index (κ3) is 5.78. The van der Waals surface area contributed by atoms with Crippen LogP contribution in [0.3, 0.4) is 0 Å². The molecule has 0 spiro atoms. The molecule has 27 heavy (non-hydrogen) atoms. The highest BCUT2D eigenvalue weighted by Gasteiger charge is 2.25. The van der Waals surface area contributed by atoms with Crippen molar-refractivity contribution in [1.82, 2.24) is 20.8 Å². The first-order valence-corrected chi connectivity index (χ1v) is 9.04. The van der Waals surface area contributed by atoms with E-state index in [1.54, 1.807) is 12.3 Å². The molecule has 1 saturated heterocycles. The van der Waals surface area contributed by atoms with Gasteiger partial charge in [0.05, 0.1) is 5.69 Å². The molecule has 2 aromatic heterocycles. The van der Waals surface area contributed by atoms with Gasteiger partial charge in [-0.2, -0.15) is 0 Å². The number of nitrogens with zero attached hydrogens (tertiary/aromatic N) is 4. The average Bonchev–Trinajstić information content (AvgIpc) is 3.29. The first-order chi connectivity index (χ1) is 12.7. The van der Waals surface area contributed by atoms with Crippen LogP contribution in [0.2, 0.25) is 0 Å². The highest BCUT2D eigenvalue weighted by Crippen LogP contribution is 2.20. The molecule has 1 aliphatic heterocycles. The van der Waals surface area contributed by atoms with E-state index in [2.05, 4.69) is 25.8 Å². The van der Waals surface area contributed by atoms with E-state index in [1.807, 2.05) is 24.8 Å². The number of hydrogen-bond acceptors (Lipinski definition) is 5. The Balaban J connectivity index is 0.00000261. The lowest BCUT2D eigenvalue weighted by Crippen LogP contribution is -2.44. The quantitative estimate of drug-likeness (QED) is 0.370. The molecule has 2 aromatic rings. The largest absolute Gasteiger partial charge is 0.359 e. The Morgan fingerprint density at radius 1 is 1.44 bits per heavy atom. The number of anilines is 1. The minimum Gasteiger partial charge on any atom is -0.359 e. The van der Waals surface area contributed by atoms with E-state index < -0.39 is 0 Å². The van der Waals surface area contributed by atoms with Gasteiger partial charge in [0.2, 0.25) is 0 Å². The summed E-state index contributed by atoms with van der Waals surface area (Å²) in [5.74, 6) is 1.58. The Morgan fingerprint density at radius 2 is 2.30 bits per heavy atom. The number of nitrogens with one attached hydrogen (secondary N) is 2. The lowest BCUT2D eigenvalue weighted by Gasteiger charge is -2.19. The van der Waals surface area contributed by atoms with Gasteiger partial charge in [-0.15, -0.1) is 24.0 Å². The van der Waals surface area contributed by atoms with Crippen LogP contribution in [-0.2, 0) is 13.0 Å². The highest BCUT2D eigenvalue weighted by atomic mass is 127. The van der Waals surface area contributed by atoms with Crippen molar-refractivity contribution in [3.05, 3.63) is 41.7 Å². The Kier molecular flexibility index (Phi) is 8.26. The van der Waals surface area contributed by atoms with Crippen LogP contribution < -0.4 is 15.5 Å². The van der Waals surface area contributed by atoms with Crippen LogP contribution >= 0.6 is 24.0 Å². The van der Waals surface area contributed by atoms with Crippen molar-refractivity contribution < 1.29 is 8.91 Å². The van der Waals surface area contributed by atoms with Crippen LogP contribution in [-0.4, -0.2) is 41.8 Å². The maximum absolute atomic E-state index is 13.9. The predicted molar refractivity (Wildman–Crippen MR) is 114 cm³/mol. The Labute approximate surface area is 175 Å². The first-order valence-electron chi connectivity index (χ1n) is 9.04. The predicted octanol–water partition coefficient (Wildman–Crippen LogP) is 2.72. The first kappa shape index (κ1) is 21.4. The summed E-state index contributed by atoms with van der Waals surface area (Å²) in [6, 6.07) is 5.15. The summed E-state index contributed by atoms with van der Waals surface area (Å²) >= 11 is 0. The molecule has 2 N–H and O–H groups in total. The second kappa shape index (κ2) is 10.4. The monoisotopic (exact) mass is 488 g/mol. The number of aliphatic imine (C=N–C) groups is 1. The number of halogens is 2. The maximum Gasteiger partial charge on any atom is 0.191 e. The van der Waals surface area contributed by atoms with Crippen molar-refractivity contribution in [1.29, 1.82) is 0 Å². The molecule has 0 amide bonds. The van der Waals surface area contributed by atoms with Gasteiger partial charge >= 0.3 is 0 Å². The van der Waals surface area contributed by atoms with E-state index in [0.29, 0.717) is 18.9 Å². The smallest absolute Gasteiger partial charge is 0.191 e.